The van der Waals surface area contributed by atoms with Crippen molar-refractivity contribution in [1.82, 2.24) is 9.97 Å². The number of hydrogen-bond donors (Lipinski definition) is 0. The molecule has 10 rings (SSSR count). The molecule has 1 heterocycles. The van der Waals surface area contributed by atoms with E-state index in [4.69, 9.17) is 15.0 Å². The summed E-state index contributed by atoms with van der Waals surface area (Å²) in [5.41, 5.74) is 13.5. The van der Waals surface area contributed by atoms with E-state index < -0.39 is 0 Å². The third kappa shape index (κ3) is 7.90. The van der Waals surface area contributed by atoms with Gasteiger partial charge in [0.1, 0.15) is 0 Å². The number of allylic oxidation sites excluding steroid dienone is 2. The summed E-state index contributed by atoms with van der Waals surface area (Å²) in [5.74, 6) is 0.737. The molecule has 0 spiro atoms. The maximum absolute atomic E-state index is 5.26. The van der Waals surface area contributed by atoms with Crippen LogP contribution in [0, 0.1) is 0 Å². The fraction of sp³-hybridized carbons (Fsp3) is 0.136. The highest BCUT2D eigenvalue weighted by Gasteiger charge is 2.35. The van der Waals surface area contributed by atoms with Gasteiger partial charge in [-0.15, -0.1) is 0 Å². The van der Waals surface area contributed by atoms with Gasteiger partial charge < -0.3 is 0 Å². The summed E-state index contributed by atoms with van der Waals surface area (Å²) in [6.45, 7) is 2.80. The molecule has 300 valence electrons. The molecule has 1 aliphatic carbocycles. The second-order valence-corrected chi connectivity index (χ2v) is 16.7. The Labute approximate surface area is 365 Å². The molecule has 1 aromatic heterocycles. The van der Waals surface area contributed by atoms with Crippen molar-refractivity contribution in [3.63, 3.8) is 0 Å². The van der Waals surface area contributed by atoms with Crippen molar-refractivity contribution < 1.29 is 0 Å². The fourth-order valence-corrected chi connectivity index (χ4v) is 9.54. The molecule has 0 unspecified atom stereocenters. The zero-order chi connectivity index (χ0) is 41.7. The Morgan fingerprint density at radius 2 is 1.11 bits per heavy atom. The second-order valence-electron chi connectivity index (χ2n) is 16.7. The number of aromatic nitrogens is 2. The molecule has 0 atom stereocenters. The van der Waals surface area contributed by atoms with Crippen LogP contribution in [0.25, 0.3) is 61.0 Å². The van der Waals surface area contributed by atoms with Crippen LogP contribution < -0.4 is 0 Å². The van der Waals surface area contributed by atoms with Crippen molar-refractivity contribution in [3.05, 3.63) is 234 Å². The first-order valence-corrected chi connectivity index (χ1v) is 22.0. The molecule has 0 saturated heterocycles. The van der Waals surface area contributed by atoms with Gasteiger partial charge in [-0.3, -0.25) is 4.99 Å². The van der Waals surface area contributed by atoms with Crippen LogP contribution in [-0.2, 0) is 12.0 Å². The molecule has 9 aromatic rings. The third-order valence-electron chi connectivity index (χ3n) is 12.8. The maximum atomic E-state index is 5.26. The fourth-order valence-electron chi connectivity index (χ4n) is 9.54. The molecule has 0 N–H and O–H groups in total. The second kappa shape index (κ2) is 17.4. The number of aliphatic imine (C=N–C) groups is 1. The zero-order valence-corrected chi connectivity index (χ0v) is 35.2. The molecule has 0 radical (unpaired) electrons. The van der Waals surface area contributed by atoms with E-state index in [1.165, 1.54) is 68.6 Å². The monoisotopic (exact) mass is 799 g/mol. The van der Waals surface area contributed by atoms with Crippen LogP contribution in [0.1, 0.15) is 66.8 Å². The Bertz CT molecular complexity index is 3040. The van der Waals surface area contributed by atoms with Crippen molar-refractivity contribution in [3.8, 4) is 33.9 Å². The maximum Gasteiger partial charge on any atom is 0.160 e. The Hall–Kier alpha value is -7.23. The average Bonchev–Trinajstić information content (AvgIpc) is 3.35. The van der Waals surface area contributed by atoms with Gasteiger partial charge in [-0.05, 0) is 86.8 Å². The Morgan fingerprint density at radius 1 is 0.532 bits per heavy atom. The predicted octanol–water partition coefficient (Wildman–Crippen LogP) is 15.1. The van der Waals surface area contributed by atoms with Crippen LogP contribution in [-0.4, -0.2) is 15.7 Å². The number of rotatable bonds is 10. The molecular formula is C59H49N3. The van der Waals surface area contributed by atoms with Crippen molar-refractivity contribution in [1.29, 1.82) is 0 Å². The number of benzene rings is 8. The minimum Gasteiger partial charge on any atom is -0.280 e. The largest absolute Gasteiger partial charge is 0.280 e. The Morgan fingerprint density at radius 3 is 1.84 bits per heavy atom. The van der Waals surface area contributed by atoms with Crippen LogP contribution in [0.5, 0.6) is 0 Å². The van der Waals surface area contributed by atoms with Gasteiger partial charge in [0.2, 0.25) is 0 Å². The minimum absolute atomic E-state index is 0.0487. The van der Waals surface area contributed by atoms with E-state index in [0.29, 0.717) is 6.54 Å². The number of hydrogen-bond acceptors (Lipinski definition) is 3. The van der Waals surface area contributed by atoms with Gasteiger partial charge in [0.05, 0.1) is 23.6 Å². The highest BCUT2D eigenvalue weighted by Crippen LogP contribution is 2.45. The molecule has 1 saturated carbocycles. The first-order chi connectivity index (χ1) is 30.6. The van der Waals surface area contributed by atoms with Gasteiger partial charge in [-0.1, -0.05) is 213 Å². The van der Waals surface area contributed by atoms with Crippen LogP contribution in [0.4, 0.5) is 0 Å². The summed E-state index contributed by atoms with van der Waals surface area (Å²) in [6.07, 6.45) is 8.22. The highest BCUT2D eigenvalue weighted by atomic mass is 14.9. The van der Waals surface area contributed by atoms with E-state index in [-0.39, 0.29) is 5.41 Å². The van der Waals surface area contributed by atoms with Crippen LogP contribution >= 0.6 is 0 Å². The van der Waals surface area contributed by atoms with E-state index in [0.717, 1.165) is 58.0 Å². The first-order valence-electron chi connectivity index (χ1n) is 22.0. The predicted molar refractivity (Wildman–Crippen MR) is 260 cm³/mol. The SMILES string of the molecule is C/C(=C\C(=NCc1ccc(C2(c3ccc(-c4nc(-c5ccccc5)cc(-c5cccc6ccccc56)n4)cc3)CCCCC2)cc1)c1ccccc1)c1cccc2ccccc12. The van der Waals surface area contributed by atoms with Gasteiger partial charge in [0.25, 0.3) is 0 Å². The lowest BCUT2D eigenvalue weighted by Crippen LogP contribution is -2.30. The summed E-state index contributed by atoms with van der Waals surface area (Å²) in [4.78, 5) is 15.7. The van der Waals surface area contributed by atoms with Crippen LogP contribution in [0.15, 0.2) is 211 Å². The summed E-state index contributed by atoms with van der Waals surface area (Å²) < 4.78 is 0. The lowest BCUT2D eigenvalue weighted by Gasteiger charge is -2.39. The van der Waals surface area contributed by atoms with Crippen molar-refractivity contribution in [2.75, 3.05) is 0 Å². The van der Waals surface area contributed by atoms with E-state index in [9.17, 15) is 0 Å². The summed E-state index contributed by atoms with van der Waals surface area (Å²) in [5, 5.41) is 4.89. The topological polar surface area (TPSA) is 38.1 Å². The minimum atomic E-state index is -0.0487. The van der Waals surface area contributed by atoms with E-state index >= 15 is 0 Å². The van der Waals surface area contributed by atoms with Crippen molar-refractivity contribution >= 4 is 32.8 Å². The van der Waals surface area contributed by atoms with E-state index in [2.05, 4.69) is 207 Å². The number of fused-ring (bicyclic) bond motifs is 2. The molecule has 3 heteroatoms. The molecule has 62 heavy (non-hydrogen) atoms. The smallest absolute Gasteiger partial charge is 0.160 e. The molecular weight excluding hydrogens is 751 g/mol. The average molecular weight is 800 g/mol. The number of nitrogens with zero attached hydrogens (tertiary/aromatic N) is 3. The molecule has 1 fully saturated rings. The molecule has 3 nitrogen and oxygen atoms in total. The van der Waals surface area contributed by atoms with Gasteiger partial charge >= 0.3 is 0 Å². The standard InChI is InChI=1S/C59H49N3/c1-42(51-27-15-23-44-17-9-11-25-52(44)51)39-55(46-19-5-2-6-20-46)60-41-43-29-33-49(34-30-43)59(37-13-4-14-38-59)50-35-31-48(32-36-50)58-61-56(47-21-7-3-8-22-47)40-57(62-58)54-28-16-24-45-18-10-12-26-53(45)54/h2-3,5-12,15-36,39-40H,4,13-14,37-38,41H2,1H3/b42-39+,60-55?. The molecule has 0 aliphatic heterocycles. The van der Waals surface area contributed by atoms with E-state index in [1.54, 1.807) is 0 Å². The molecule has 0 bridgehead atoms. The van der Waals surface area contributed by atoms with Gasteiger partial charge in [-0.2, -0.15) is 0 Å². The molecule has 8 aromatic carbocycles. The quantitative estimate of drug-likeness (QED) is 0.129. The molecule has 1 aliphatic rings. The van der Waals surface area contributed by atoms with E-state index in [1.807, 2.05) is 6.07 Å². The first kappa shape index (κ1) is 38.9. The Kier molecular flexibility index (Phi) is 10.9. The lowest BCUT2D eigenvalue weighted by atomic mass is 9.65. The third-order valence-corrected chi connectivity index (χ3v) is 12.8. The lowest BCUT2D eigenvalue weighted by molar-refractivity contribution is 0.346. The normalized spacial score (nSPS) is 14.3. The van der Waals surface area contributed by atoms with Gasteiger partial charge in [0.15, 0.2) is 5.82 Å². The Balaban J connectivity index is 0.959. The zero-order valence-electron chi connectivity index (χ0n) is 35.2. The highest BCUT2D eigenvalue weighted by molar-refractivity contribution is 6.13. The molecule has 0 amide bonds. The van der Waals surface area contributed by atoms with Crippen LogP contribution in [0.2, 0.25) is 0 Å². The summed E-state index contributed by atoms with van der Waals surface area (Å²) in [6, 6.07) is 71.8. The van der Waals surface area contributed by atoms with Gasteiger partial charge in [-0.25, -0.2) is 9.97 Å². The van der Waals surface area contributed by atoms with Crippen molar-refractivity contribution in [2.24, 2.45) is 4.99 Å². The van der Waals surface area contributed by atoms with Crippen molar-refractivity contribution in [2.45, 2.75) is 51.0 Å². The van der Waals surface area contributed by atoms with Gasteiger partial charge in [0, 0.05) is 22.1 Å². The van der Waals surface area contributed by atoms with Crippen LogP contribution in [0.3, 0.4) is 0 Å². The summed E-state index contributed by atoms with van der Waals surface area (Å²) in [7, 11) is 0. The summed E-state index contributed by atoms with van der Waals surface area (Å²) >= 11 is 0.